The molecule has 0 spiro atoms. The fourth-order valence-electron chi connectivity index (χ4n) is 3.12. The van der Waals surface area contributed by atoms with E-state index >= 15 is 0 Å². The Kier molecular flexibility index (Phi) is 6.45. The van der Waals surface area contributed by atoms with Crippen molar-refractivity contribution < 1.29 is 14.3 Å². The van der Waals surface area contributed by atoms with Crippen LogP contribution in [0.1, 0.15) is 44.4 Å². The molecule has 0 saturated heterocycles. The number of hydrogen-bond donors (Lipinski definition) is 0. The van der Waals surface area contributed by atoms with Gasteiger partial charge in [0.25, 0.3) is 5.56 Å². The maximum absolute atomic E-state index is 13.2. The number of rotatable bonds is 5. The third-order valence-electron chi connectivity index (χ3n) is 4.89. The zero-order valence-electron chi connectivity index (χ0n) is 18.8. The molecule has 1 aromatic carbocycles. The second-order valence-corrected chi connectivity index (χ2v) is 8.29. The molecule has 0 saturated carbocycles. The number of hydrogen-bond acceptors (Lipinski definition) is 6. The highest BCUT2D eigenvalue weighted by molar-refractivity contribution is 5.98. The van der Waals surface area contributed by atoms with Gasteiger partial charge in [-0.15, -0.1) is 0 Å². The van der Waals surface area contributed by atoms with Gasteiger partial charge in [0.2, 0.25) is 5.88 Å². The second kappa shape index (κ2) is 9.06. The molecule has 0 N–H and O–H groups in total. The van der Waals surface area contributed by atoms with E-state index in [1.807, 2.05) is 25.1 Å². The Hall–Kier alpha value is -3.92. The van der Waals surface area contributed by atoms with Gasteiger partial charge in [-0.05, 0) is 54.7 Å². The van der Waals surface area contributed by atoms with Crippen molar-refractivity contribution in [2.45, 2.75) is 40.0 Å². The van der Waals surface area contributed by atoms with E-state index in [2.05, 4.69) is 25.8 Å². The zero-order valence-corrected chi connectivity index (χ0v) is 18.8. The van der Waals surface area contributed by atoms with Gasteiger partial charge in [-0.3, -0.25) is 9.20 Å². The van der Waals surface area contributed by atoms with Gasteiger partial charge in [-0.25, -0.2) is 4.79 Å². The Morgan fingerprint density at radius 1 is 1.22 bits per heavy atom. The van der Waals surface area contributed by atoms with Crippen LogP contribution in [0.4, 0.5) is 0 Å². The van der Waals surface area contributed by atoms with Gasteiger partial charge >= 0.3 is 5.97 Å². The van der Waals surface area contributed by atoms with Gasteiger partial charge in [0.05, 0.1) is 6.61 Å². The lowest BCUT2D eigenvalue weighted by Gasteiger charge is -2.19. The van der Waals surface area contributed by atoms with E-state index in [1.54, 1.807) is 37.4 Å². The molecule has 0 bridgehead atoms. The summed E-state index contributed by atoms with van der Waals surface area (Å²) in [6.45, 7) is 9.91. The van der Waals surface area contributed by atoms with Gasteiger partial charge in [-0.1, -0.05) is 39.0 Å². The Morgan fingerprint density at radius 3 is 2.50 bits per heavy atom. The summed E-state index contributed by atoms with van der Waals surface area (Å²) in [5.41, 5.74) is 1.51. The molecule has 2 heterocycles. The standard InChI is InChI=1S/C25H25N3O4/c1-6-31-24(30)17(15-26)14-20-22(27-21-16(2)8-7-13-28(21)23(20)29)32-19-11-9-18(10-12-19)25(3,4)5/h7-14H,6H2,1-5H3. The molecule has 3 aromatic rings. The van der Waals surface area contributed by atoms with Gasteiger partial charge in [0.1, 0.15) is 28.6 Å². The highest BCUT2D eigenvalue weighted by Gasteiger charge is 2.19. The van der Waals surface area contributed by atoms with E-state index in [0.717, 1.165) is 11.1 Å². The van der Waals surface area contributed by atoms with Crippen LogP contribution >= 0.6 is 0 Å². The van der Waals surface area contributed by atoms with Crippen LogP contribution in [0, 0.1) is 18.3 Å². The molecule has 7 heteroatoms. The van der Waals surface area contributed by atoms with E-state index in [0.29, 0.717) is 11.4 Å². The number of pyridine rings is 1. The Morgan fingerprint density at radius 2 is 1.91 bits per heavy atom. The quantitative estimate of drug-likeness (QED) is 0.334. The smallest absolute Gasteiger partial charge is 0.348 e. The molecule has 0 atom stereocenters. The third kappa shape index (κ3) is 4.70. The number of aryl methyl sites for hydroxylation is 1. The largest absolute Gasteiger partial charge is 0.462 e. The van der Waals surface area contributed by atoms with Crippen LogP contribution in [-0.4, -0.2) is 22.0 Å². The molecule has 0 aliphatic heterocycles. The van der Waals surface area contributed by atoms with Crippen LogP contribution in [0.25, 0.3) is 11.7 Å². The van der Waals surface area contributed by atoms with Crippen molar-refractivity contribution >= 4 is 17.7 Å². The van der Waals surface area contributed by atoms with Crippen molar-refractivity contribution in [3.63, 3.8) is 0 Å². The van der Waals surface area contributed by atoms with Gasteiger partial charge in [0, 0.05) is 6.20 Å². The summed E-state index contributed by atoms with van der Waals surface area (Å²) in [5, 5.41) is 9.43. The summed E-state index contributed by atoms with van der Waals surface area (Å²) < 4.78 is 12.3. The number of fused-ring (bicyclic) bond motifs is 1. The third-order valence-corrected chi connectivity index (χ3v) is 4.89. The Balaban J connectivity index is 2.18. The van der Waals surface area contributed by atoms with Crippen LogP contribution in [0.15, 0.2) is 53.0 Å². The lowest BCUT2D eigenvalue weighted by molar-refractivity contribution is -0.137. The number of carbonyl (C=O) groups excluding carboxylic acids is 1. The zero-order chi connectivity index (χ0) is 23.5. The Bertz CT molecular complexity index is 1290. The summed E-state index contributed by atoms with van der Waals surface area (Å²) in [6, 6.07) is 12.8. The highest BCUT2D eigenvalue weighted by Crippen LogP contribution is 2.28. The minimum absolute atomic E-state index is 0.00450. The first-order valence-corrected chi connectivity index (χ1v) is 10.2. The van der Waals surface area contributed by atoms with E-state index in [4.69, 9.17) is 9.47 Å². The normalized spacial score (nSPS) is 11.8. The predicted molar refractivity (Wildman–Crippen MR) is 122 cm³/mol. The number of nitrogens with zero attached hydrogens (tertiary/aromatic N) is 3. The summed E-state index contributed by atoms with van der Waals surface area (Å²) in [4.78, 5) is 29.9. The maximum atomic E-state index is 13.2. The van der Waals surface area contributed by atoms with E-state index in [-0.39, 0.29) is 29.0 Å². The topological polar surface area (TPSA) is 93.7 Å². The lowest BCUT2D eigenvalue weighted by Crippen LogP contribution is -2.20. The number of esters is 1. The van der Waals surface area contributed by atoms with Gasteiger partial charge < -0.3 is 9.47 Å². The molecule has 2 aromatic heterocycles. The van der Waals surface area contributed by atoms with Gasteiger partial charge in [0.15, 0.2) is 0 Å². The highest BCUT2D eigenvalue weighted by atomic mass is 16.5. The minimum atomic E-state index is -0.816. The minimum Gasteiger partial charge on any atom is -0.462 e. The molecule has 0 aliphatic carbocycles. The molecule has 0 aliphatic rings. The number of ether oxygens (including phenoxy) is 2. The first kappa shape index (κ1) is 22.8. The van der Waals surface area contributed by atoms with Crippen molar-refractivity contribution in [1.82, 2.24) is 9.38 Å². The molecule has 0 fully saturated rings. The summed E-state index contributed by atoms with van der Waals surface area (Å²) in [7, 11) is 0. The maximum Gasteiger partial charge on any atom is 0.348 e. The first-order valence-electron chi connectivity index (χ1n) is 10.2. The molecular formula is C25H25N3O4. The van der Waals surface area contributed by atoms with E-state index in [9.17, 15) is 14.9 Å². The number of nitriles is 1. The van der Waals surface area contributed by atoms with Crippen LogP contribution < -0.4 is 10.3 Å². The van der Waals surface area contributed by atoms with Crippen molar-refractivity contribution in [3.8, 4) is 17.7 Å². The van der Waals surface area contributed by atoms with Crippen LogP contribution in [-0.2, 0) is 14.9 Å². The lowest BCUT2D eigenvalue weighted by atomic mass is 9.87. The van der Waals surface area contributed by atoms with Crippen LogP contribution in [0.2, 0.25) is 0 Å². The second-order valence-electron chi connectivity index (χ2n) is 8.29. The summed E-state index contributed by atoms with van der Waals surface area (Å²) in [6.07, 6.45) is 2.74. The van der Waals surface area contributed by atoms with E-state index in [1.165, 1.54) is 10.5 Å². The molecule has 0 unspecified atom stereocenters. The Labute approximate surface area is 186 Å². The van der Waals surface area contributed by atoms with Crippen molar-refractivity contribution in [2.24, 2.45) is 0 Å². The number of benzene rings is 1. The molecule has 164 valence electrons. The molecule has 32 heavy (non-hydrogen) atoms. The van der Waals surface area contributed by atoms with Crippen molar-refractivity contribution in [2.75, 3.05) is 6.61 Å². The average Bonchev–Trinajstić information content (AvgIpc) is 2.74. The molecule has 7 nitrogen and oxygen atoms in total. The molecule has 3 rings (SSSR count). The monoisotopic (exact) mass is 431 g/mol. The fourth-order valence-corrected chi connectivity index (χ4v) is 3.12. The summed E-state index contributed by atoms with van der Waals surface area (Å²) in [5.74, 6) is -0.332. The van der Waals surface area contributed by atoms with Crippen molar-refractivity contribution in [1.29, 1.82) is 5.26 Å². The van der Waals surface area contributed by atoms with Gasteiger partial charge in [-0.2, -0.15) is 10.2 Å². The number of aromatic nitrogens is 2. The fraction of sp³-hybridized carbons (Fsp3) is 0.280. The SMILES string of the molecule is CCOC(=O)C(C#N)=Cc1c(Oc2ccc(C(C)(C)C)cc2)nc2c(C)cccn2c1=O. The predicted octanol–water partition coefficient (Wildman–Crippen LogP) is 4.56. The molecule has 0 radical (unpaired) electrons. The van der Waals surface area contributed by atoms with E-state index < -0.39 is 11.5 Å². The van der Waals surface area contributed by atoms with Crippen molar-refractivity contribution in [3.05, 3.63) is 75.2 Å². The average molecular weight is 431 g/mol. The first-order chi connectivity index (χ1) is 15.2. The molecule has 0 amide bonds. The number of carbonyl (C=O) groups is 1. The van der Waals surface area contributed by atoms with Crippen LogP contribution in [0.5, 0.6) is 11.6 Å². The molecular weight excluding hydrogens is 406 g/mol. The van der Waals surface area contributed by atoms with Crippen LogP contribution in [0.3, 0.4) is 0 Å². The summed E-state index contributed by atoms with van der Waals surface area (Å²) >= 11 is 0.